The Labute approximate surface area is 194 Å². The van der Waals surface area contributed by atoms with Crippen molar-refractivity contribution in [2.75, 3.05) is 25.6 Å². The average molecular weight is 457 g/mol. The molecule has 0 saturated heterocycles. The van der Waals surface area contributed by atoms with Crippen molar-refractivity contribution in [2.24, 2.45) is 0 Å². The van der Waals surface area contributed by atoms with Crippen LogP contribution >= 0.6 is 11.6 Å². The molecule has 32 heavy (non-hydrogen) atoms. The van der Waals surface area contributed by atoms with Gasteiger partial charge in [0.1, 0.15) is 11.4 Å². The number of imide groups is 1. The molecule has 0 radical (unpaired) electrons. The van der Waals surface area contributed by atoms with Crippen LogP contribution in [0.1, 0.15) is 37.0 Å². The third kappa shape index (κ3) is 5.14. The number of hydrogen-bond donors (Lipinski definition) is 1. The Kier molecular flexibility index (Phi) is 7.59. The van der Waals surface area contributed by atoms with E-state index < -0.39 is 0 Å². The summed E-state index contributed by atoms with van der Waals surface area (Å²) in [5.74, 6) is -0.183. The van der Waals surface area contributed by atoms with Gasteiger partial charge < -0.3 is 14.8 Å². The standard InChI is InChI=1S/C25H29ClN2O4/c1-15(2)32-12-6-11-28-24(29)22(19-9-7-16(3)13-17(19)4)23(25(28)30)27-20-14-18(26)8-10-21(20)31-5/h7-10,13-15,27H,6,11-12H2,1-5H3. The Morgan fingerprint density at radius 1 is 1.06 bits per heavy atom. The molecule has 6 nitrogen and oxygen atoms in total. The fourth-order valence-electron chi connectivity index (χ4n) is 3.69. The molecular formula is C25H29ClN2O4. The smallest absolute Gasteiger partial charge is 0.278 e. The molecule has 7 heteroatoms. The highest BCUT2D eigenvalue weighted by Gasteiger charge is 2.39. The molecule has 2 amide bonds. The molecule has 1 aliphatic heterocycles. The number of ether oxygens (including phenoxy) is 2. The summed E-state index contributed by atoms with van der Waals surface area (Å²) < 4.78 is 11.0. The van der Waals surface area contributed by atoms with Crippen LogP contribution in [0.5, 0.6) is 5.75 Å². The van der Waals surface area contributed by atoms with Gasteiger partial charge in [0.15, 0.2) is 0 Å². The fraction of sp³-hybridized carbons (Fsp3) is 0.360. The summed E-state index contributed by atoms with van der Waals surface area (Å²) >= 11 is 6.17. The van der Waals surface area contributed by atoms with Crippen molar-refractivity contribution in [3.8, 4) is 5.75 Å². The van der Waals surface area contributed by atoms with E-state index in [-0.39, 0.29) is 30.2 Å². The van der Waals surface area contributed by atoms with Crippen LogP contribution in [0, 0.1) is 13.8 Å². The first kappa shape index (κ1) is 23.8. The second-order valence-corrected chi connectivity index (χ2v) is 8.51. The first-order chi connectivity index (χ1) is 15.2. The maximum Gasteiger partial charge on any atom is 0.278 e. The molecule has 1 aliphatic rings. The van der Waals surface area contributed by atoms with Crippen LogP contribution < -0.4 is 10.1 Å². The van der Waals surface area contributed by atoms with Gasteiger partial charge in [-0.1, -0.05) is 35.4 Å². The molecule has 0 saturated carbocycles. The number of methoxy groups -OCH3 is 1. The Bertz CT molecular complexity index is 1060. The Morgan fingerprint density at radius 2 is 1.81 bits per heavy atom. The molecule has 170 valence electrons. The lowest BCUT2D eigenvalue weighted by Gasteiger charge is -2.16. The number of anilines is 1. The van der Waals surface area contributed by atoms with Crippen molar-refractivity contribution in [2.45, 2.75) is 40.2 Å². The van der Waals surface area contributed by atoms with E-state index in [9.17, 15) is 9.59 Å². The third-order valence-corrected chi connectivity index (χ3v) is 5.45. The van der Waals surface area contributed by atoms with E-state index in [1.807, 2.05) is 45.9 Å². The molecule has 3 rings (SSSR count). The van der Waals surface area contributed by atoms with E-state index >= 15 is 0 Å². The number of benzene rings is 2. The lowest BCUT2D eigenvalue weighted by Crippen LogP contribution is -2.34. The Hall–Kier alpha value is -2.83. The Morgan fingerprint density at radius 3 is 2.47 bits per heavy atom. The number of carbonyl (C=O) groups excluding carboxylic acids is 2. The third-order valence-electron chi connectivity index (χ3n) is 5.22. The number of nitrogens with one attached hydrogen (secondary N) is 1. The molecule has 1 heterocycles. The molecule has 0 aromatic heterocycles. The van der Waals surface area contributed by atoms with Gasteiger partial charge in [-0.15, -0.1) is 0 Å². The summed E-state index contributed by atoms with van der Waals surface area (Å²) in [6, 6.07) is 10.9. The SMILES string of the molecule is COc1ccc(Cl)cc1NC1=C(c2ccc(C)cc2C)C(=O)N(CCCOC(C)C)C1=O. The summed E-state index contributed by atoms with van der Waals surface area (Å²) in [5.41, 5.74) is 3.80. The van der Waals surface area contributed by atoms with Gasteiger partial charge in [-0.3, -0.25) is 14.5 Å². The number of rotatable bonds is 9. The van der Waals surface area contributed by atoms with Crippen molar-refractivity contribution in [3.05, 3.63) is 63.8 Å². The van der Waals surface area contributed by atoms with E-state index in [2.05, 4.69) is 5.32 Å². The zero-order valence-electron chi connectivity index (χ0n) is 19.1. The number of nitrogens with zero attached hydrogens (tertiary/aromatic N) is 1. The maximum atomic E-state index is 13.4. The number of aryl methyl sites for hydroxylation is 2. The van der Waals surface area contributed by atoms with Crippen LogP contribution in [-0.2, 0) is 14.3 Å². The minimum atomic E-state index is -0.378. The van der Waals surface area contributed by atoms with Gasteiger partial charge in [-0.05, 0) is 63.4 Å². The highest BCUT2D eigenvalue weighted by atomic mass is 35.5. The van der Waals surface area contributed by atoms with Crippen LogP contribution in [0.4, 0.5) is 5.69 Å². The van der Waals surface area contributed by atoms with Gasteiger partial charge >= 0.3 is 0 Å². The van der Waals surface area contributed by atoms with Gasteiger partial charge in [0.05, 0.1) is 24.5 Å². The number of hydrogen-bond acceptors (Lipinski definition) is 5. The predicted octanol–water partition coefficient (Wildman–Crippen LogP) is 4.97. The summed E-state index contributed by atoms with van der Waals surface area (Å²) in [5, 5.41) is 3.62. The highest BCUT2D eigenvalue weighted by Crippen LogP contribution is 2.35. The molecule has 1 N–H and O–H groups in total. The normalized spacial score (nSPS) is 14.0. The summed E-state index contributed by atoms with van der Waals surface area (Å²) in [4.78, 5) is 28.1. The van der Waals surface area contributed by atoms with Crippen LogP contribution in [0.15, 0.2) is 42.1 Å². The second kappa shape index (κ2) is 10.2. The molecule has 0 fully saturated rings. The van der Waals surface area contributed by atoms with Crippen LogP contribution in [-0.4, -0.2) is 43.1 Å². The van der Waals surface area contributed by atoms with Crippen molar-refractivity contribution < 1.29 is 19.1 Å². The fourth-order valence-corrected chi connectivity index (χ4v) is 3.87. The minimum absolute atomic E-state index is 0.0939. The maximum absolute atomic E-state index is 13.4. The molecular weight excluding hydrogens is 428 g/mol. The van der Waals surface area contributed by atoms with E-state index in [1.54, 1.807) is 18.2 Å². The van der Waals surface area contributed by atoms with Gasteiger partial charge in [0.2, 0.25) is 0 Å². The van der Waals surface area contributed by atoms with Crippen molar-refractivity contribution in [3.63, 3.8) is 0 Å². The van der Waals surface area contributed by atoms with Gasteiger partial charge in [0, 0.05) is 18.2 Å². The molecule has 0 bridgehead atoms. The quantitative estimate of drug-likeness (QED) is 0.426. The average Bonchev–Trinajstić information content (AvgIpc) is 2.95. The van der Waals surface area contributed by atoms with E-state index in [4.69, 9.17) is 21.1 Å². The lowest BCUT2D eigenvalue weighted by atomic mass is 9.97. The van der Waals surface area contributed by atoms with Crippen LogP contribution in [0.2, 0.25) is 5.02 Å². The van der Waals surface area contributed by atoms with E-state index in [1.165, 1.54) is 12.0 Å². The van der Waals surface area contributed by atoms with Gasteiger partial charge in [0.25, 0.3) is 11.8 Å². The van der Waals surface area contributed by atoms with E-state index in [0.717, 1.165) is 16.7 Å². The number of amides is 2. The van der Waals surface area contributed by atoms with Crippen LogP contribution in [0.3, 0.4) is 0 Å². The number of carbonyl (C=O) groups is 2. The molecule has 2 aromatic carbocycles. The first-order valence-corrected chi connectivity index (χ1v) is 11.0. The minimum Gasteiger partial charge on any atom is -0.495 e. The molecule has 0 unspecified atom stereocenters. The van der Waals surface area contributed by atoms with E-state index in [0.29, 0.717) is 35.1 Å². The summed E-state index contributed by atoms with van der Waals surface area (Å²) in [7, 11) is 1.54. The second-order valence-electron chi connectivity index (χ2n) is 8.07. The Balaban J connectivity index is 2.01. The van der Waals surface area contributed by atoms with Crippen molar-refractivity contribution in [1.82, 2.24) is 4.90 Å². The van der Waals surface area contributed by atoms with Crippen molar-refractivity contribution in [1.29, 1.82) is 0 Å². The number of halogens is 1. The molecule has 0 aliphatic carbocycles. The summed E-state index contributed by atoms with van der Waals surface area (Å²) in [6.07, 6.45) is 0.653. The molecule has 0 spiro atoms. The lowest BCUT2D eigenvalue weighted by molar-refractivity contribution is -0.137. The zero-order valence-corrected chi connectivity index (χ0v) is 19.9. The first-order valence-electron chi connectivity index (χ1n) is 10.6. The topological polar surface area (TPSA) is 67.9 Å². The predicted molar refractivity (Wildman–Crippen MR) is 127 cm³/mol. The highest BCUT2D eigenvalue weighted by molar-refractivity contribution is 6.37. The molecule has 0 atom stereocenters. The van der Waals surface area contributed by atoms with Crippen molar-refractivity contribution >= 4 is 34.7 Å². The monoisotopic (exact) mass is 456 g/mol. The largest absolute Gasteiger partial charge is 0.495 e. The van der Waals surface area contributed by atoms with Gasteiger partial charge in [-0.25, -0.2) is 0 Å². The molecule has 2 aromatic rings. The summed E-state index contributed by atoms with van der Waals surface area (Å²) in [6.45, 7) is 8.57. The van der Waals surface area contributed by atoms with Gasteiger partial charge in [-0.2, -0.15) is 0 Å². The van der Waals surface area contributed by atoms with Crippen LogP contribution in [0.25, 0.3) is 5.57 Å². The zero-order chi connectivity index (χ0) is 23.4.